The van der Waals surface area contributed by atoms with Crippen molar-refractivity contribution in [3.8, 4) is 6.07 Å². The number of hydrogen-bond donors (Lipinski definition) is 1. The molecule has 1 aliphatic rings. The molecule has 3 aromatic rings. The zero-order valence-corrected chi connectivity index (χ0v) is 15.8. The monoisotopic (exact) mass is 370 g/mol. The van der Waals surface area contributed by atoms with Crippen molar-refractivity contribution in [2.75, 3.05) is 11.9 Å². The first kappa shape index (κ1) is 18.1. The lowest BCUT2D eigenvalue weighted by Crippen LogP contribution is -2.23. The second kappa shape index (κ2) is 8.15. The summed E-state index contributed by atoms with van der Waals surface area (Å²) in [6.07, 6.45) is 7.77. The summed E-state index contributed by atoms with van der Waals surface area (Å²) < 4.78 is 0. The third-order valence-corrected chi connectivity index (χ3v) is 4.94. The van der Waals surface area contributed by atoms with E-state index >= 15 is 0 Å². The molecule has 0 unspecified atom stereocenters. The highest BCUT2D eigenvalue weighted by Gasteiger charge is 2.27. The summed E-state index contributed by atoms with van der Waals surface area (Å²) in [6, 6.07) is 14.2. The molecule has 6 nitrogen and oxygen atoms in total. The molecule has 3 aromatic heterocycles. The number of rotatable bonds is 5. The fourth-order valence-corrected chi connectivity index (χ4v) is 3.68. The summed E-state index contributed by atoms with van der Waals surface area (Å²) in [5, 5.41) is 12.1. The van der Waals surface area contributed by atoms with Crippen LogP contribution < -0.4 is 5.32 Å². The van der Waals surface area contributed by atoms with Gasteiger partial charge in [0.25, 0.3) is 0 Å². The van der Waals surface area contributed by atoms with Crippen LogP contribution >= 0.6 is 0 Å². The highest BCUT2D eigenvalue weighted by molar-refractivity contribution is 5.55. The van der Waals surface area contributed by atoms with E-state index in [4.69, 9.17) is 10.2 Å². The summed E-state index contributed by atoms with van der Waals surface area (Å²) >= 11 is 0. The molecule has 4 heterocycles. The Labute approximate surface area is 164 Å². The van der Waals surface area contributed by atoms with Gasteiger partial charge in [0.1, 0.15) is 17.6 Å². The van der Waals surface area contributed by atoms with Gasteiger partial charge in [-0.3, -0.25) is 9.88 Å². The van der Waals surface area contributed by atoms with E-state index in [1.165, 1.54) is 17.5 Å². The number of nitriles is 1. The number of nitrogens with zero attached hydrogens (tertiary/aromatic N) is 5. The Morgan fingerprint density at radius 3 is 2.93 bits per heavy atom. The first-order valence-corrected chi connectivity index (χ1v) is 9.46. The third kappa shape index (κ3) is 4.16. The van der Waals surface area contributed by atoms with Crippen LogP contribution in [0.1, 0.15) is 41.4 Å². The number of pyridine rings is 3. The van der Waals surface area contributed by atoms with Crippen LogP contribution in [0, 0.1) is 18.3 Å². The van der Waals surface area contributed by atoms with Gasteiger partial charge in [-0.25, -0.2) is 9.97 Å². The maximum absolute atomic E-state index is 8.87. The molecular formula is C22H22N6. The van der Waals surface area contributed by atoms with Crippen LogP contribution in [-0.2, 0) is 6.54 Å². The Kier molecular flexibility index (Phi) is 5.27. The molecule has 0 amide bonds. The van der Waals surface area contributed by atoms with E-state index in [1.807, 2.05) is 36.7 Å². The number of nitrogens with one attached hydrogen (secondary N) is 1. The van der Waals surface area contributed by atoms with Gasteiger partial charge < -0.3 is 5.32 Å². The van der Waals surface area contributed by atoms with E-state index in [0.717, 1.165) is 36.7 Å². The van der Waals surface area contributed by atoms with E-state index in [-0.39, 0.29) is 0 Å². The zero-order valence-electron chi connectivity index (χ0n) is 15.8. The number of likely N-dealkylation sites (tertiary alicyclic amines) is 1. The maximum atomic E-state index is 8.87. The molecule has 4 rings (SSSR count). The van der Waals surface area contributed by atoms with Gasteiger partial charge in [-0.1, -0.05) is 12.1 Å². The molecule has 0 saturated carbocycles. The highest BCUT2D eigenvalue weighted by atomic mass is 15.2. The minimum Gasteiger partial charge on any atom is -0.339 e. The molecule has 1 aliphatic heterocycles. The molecule has 0 aliphatic carbocycles. The summed E-state index contributed by atoms with van der Waals surface area (Å²) in [5.41, 5.74) is 4.72. The summed E-state index contributed by atoms with van der Waals surface area (Å²) in [4.78, 5) is 15.7. The van der Waals surface area contributed by atoms with E-state index < -0.39 is 0 Å². The van der Waals surface area contributed by atoms with E-state index in [1.54, 1.807) is 12.3 Å². The van der Waals surface area contributed by atoms with Crippen LogP contribution in [0.4, 0.5) is 11.5 Å². The normalized spacial score (nSPS) is 16.6. The fraction of sp³-hybridized carbons (Fsp3) is 0.273. The minimum atomic E-state index is 0.307. The number of anilines is 2. The minimum absolute atomic E-state index is 0.307. The smallest absolute Gasteiger partial charge is 0.140 e. The number of hydrogen-bond acceptors (Lipinski definition) is 6. The maximum Gasteiger partial charge on any atom is 0.140 e. The van der Waals surface area contributed by atoms with Crippen molar-refractivity contribution >= 4 is 11.5 Å². The molecule has 28 heavy (non-hydrogen) atoms. The molecule has 1 N–H and O–H groups in total. The van der Waals surface area contributed by atoms with Crippen molar-refractivity contribution in [3.05, 3.63) is 77.5 Å². The quantitative estimate of drug-likeness (QED) is 0.727. The summed E-state index contributed by atoms with van der Waals surface area (Å²) in [6.45, 7) is 4.03. The predicted octanol–water partition coefficient (Wildman–Crippen LogP) is 4.13. The molecule has 1 fully saturated rings. The van der Waals surface area contributed by atoms with Crippen LogP contribution in [0.5, 0.6) is 0 Å². The number of aromatic nitrogens is 3. The van der Waals surface area contributed by atoms with E-state index in [0.29, 0.717) is 11.7 Å². The van der Waals surface area contributed by atoms with Gasteiger partial charge in [0.05, 0.1) is 23.6 Å². The Morgan fingerprint density at radius 2 is 2.14 bits per heavy atom. The van der Waals surface area contributed by atoms with Crippen LogP contribution in [0.2, 0.25) is 0 Å². The van der Waals surface area contributed by atoms with Gasteiger partial charge in [-0.2, -0.15) is 5.26 Å². The predicted molar refractivity (Wildman–Crippen MR) is 108 cm³/mol. The lowest BCUT2D eigenvalue weighted by Gasteiger charge is -2.24. The summed E-state index contributed by atoms with van der Waals surface area (Å²) in [7, 11) is 0. The average Bonchev–Trinajstić information content (AvgIpc) is 3.17. The summed E-state index contributed by atoms with van der Waals surface area (Å²) in [5.74, 6) is 0.785. The molecule has 0 spiro atoms. The second-order valence-corrected chi connectivity index (χ2v) is 7.12. The lowest BCUT2D eigenvalue weighted by atomic mass is 10.1. The van der Waals surface area contributed by atoms with Crippen molar-refractivity contribution < 1.29 is 0 Å². The van der Waals surface area contributed by atoms with Crippen LogP contribution in [0.15, 0.2) is 55.0 Å². The SMILES string of the molecule is Cc1cncc(CN2CCC[C@H]2c2cccc(Nc3ccc(C#N)nc3)n2)c1. The topological polar surface area (TPSA) is 77.7 Å². The van der Waals surface area contributed by atoms with E-state index in [2.05, 4.69) is 39.2 Å². The molecule has 6 heteroatoms. The standard InChI is InChI=1S/C22H22N6/c1-16-10-17(13-24-12-16)15-28-9-3-5-21(28)20-4-2-6-22(27-20)26-19-8-7-18(11-23)25-14-19/h2,4,6-8,10,12-14,21H,3,5,9,15H2,1H3,(H,26,27)/t21-/m0/s1. The fourth-order valence-electron chi connectivity index (χ4n) is 3.68. The zero-order chi connectivity index (χ0) is 19.3. The van der Waals surface area contributed by atoms with Crippen molar-refractivity contribution in [3.63, 3.8) is 0 Å². The molecule has 140 valence electrons. The van der Waals surface area contributed by atoms with Gasteiger partial charge >= 0.3 is 0 Å². The van der Waals surface area contributed by atoms with Gasteiger partial charge in [-0.05, 0) is 61.7 Å². The van der Waals surface area contributed by atoms with Crippen LogP contribution in [-0.4, -0.2) is 26.4 Å². The number of aryl methyl sites for hydroxylation is 1. The molecule has 0 bridgehead atoms. The van der Waals surface area contributed by atoms with Crippen LogP contribution in [0.25, 0.3) is 0 Å². The van der Waals surface area contributed by atoms with E-state index in [9.17, 15) is 0 Å². The molecule has 0 aromatic carbocycles. The Bertz CT molecular complexity index is 992. The molecule has 1 atom stereocenters. The average molecular weight is 370 g/mol. The van der Waals surface area contributed by atoms with Gasteiger partial charge in [0.2, 0.25) is 0 Å². The largest absolute Gasteiger partial charge is 0.339 e. The van der Waals surface area contributed by atoms with Crippen molar-refractivity contribution in [1.29, 1.82) is 5.26 Å². The lowest BCUT2D eigenvalue weighted by molar-refractivity contribution is 0.244. The van der Waals surface area contributed by atoms with Gasteiger partial charge in [0.15, 0.2) is 0 Å². The highest BCUT2D eigenvalue weighted by Crippen LogP contribution is 2.32. The first-order chi connectivity index (χ1) is 13.7. The van der Waals surface area contributed by atoms with Crippen LogP contribution in [0.3, 0.4) is 0 Å². The molecular weight excluding hydrogens is 348 g/mol. The second-order valence-electron chi connectivity index (χ2n) is 7.12. The van der Waals surface area contributed by atoms with Crippen molar-refractivity contribution in [1.82, 2.24) is 19.9 Å². The Balaban J connectivity index is 1.50. The van der Waals surface area contributed by atoms with Crippen molar-refractivity contribution in [2.45, 2.75) is 32.4 Å². The van der Waals surface area contributed by atoms with Gasteiger partial charge in [-0.15, -0.1) is 0 Å². The molecule has 1 saturated heterocycles. The molecule has 0 radical (unpaired) electrons. The third-order valence-electron chi connectivity index (χ3n) is 4.94. The Hall–Kier alpha value is -3.30. The van der Waals surface area contributed by atoms with Crippen molar-refractivity contribution in [2.24, 2.45) is 0 Å². The Morgan fingerprint density at radius 1 is 1.21 bits per heavy atom. The first-order valence-electron chi connectivity index (χ1n) is 9.46. The van der Waals surface area contributed by atoms with Gasteiger partial charge in [0, 0.05) is 18.9 Å².